The molecule has 1 N–H and O–H groups in total. The Morgan fingerprint density at radius 2 is 1.95 bits per heavy atom. The van der Waals surface area contributed by atoms with E-state index in [-0.39, 0.29) is 29.5 Å². The summed E-state index contributed by atoms with van der Waals surface area (Å²) in [6, 6.07) is 4.50. The highest BCUT2D eigenvalue weighted by atomic mass is 19.4. The predicted molar refractivity (Wildman–Crippen MR) is 132 cm³/mol. The molecule has 0 radical (unpaired) electrons. The van der Waals surface area contributed by atoms with Gasteiger partial charge in [0.2, 0.25) is 5.91 Å². The third kappa shape index (κ3) is 5.21. The van der Waals surface area contributed by atoms with Crippen LogP contribution < -0.4 is 15.0 Å². The number of methoxy groups -OCH3 is 1. The molecule has 4 atom stereocenters. The first kappa shape index (κ1) is 29.6. The number of anilines is 2. The Labute approximate surface area is 226 Å². The number of hydrogen-bond donors (Lipinski definition) is 1. The molecule has 0 bridgehead atoms. The van der Waals surface area contributed by atoms with E-state index >= 15 is 0 Å². The van der Waals surface area contributed by atoms with E-state index in [1.54, 1.807) is 7.05 Å². The van der Waals surface area contributed by atoms with Gasteiger partial charge in [0.15, 0.2) is 5.60 Å². The number of amides is 2. The summed E-state index contributed by atoms with van der Waals surface area (Å²) >= 11 is 0. The third-order valence-corrected chi connectivity index (χ3v) is 7.58. The van der Waals surface area contributed by atoms with Gasteiger partial charge < -0.3 is 14.8 Å². The second kappa shape index (κ2) is 10.9. The van der Waals surface area contributed by atoms with Gasteiger partial charge in [-0.2, -0.15) is 13.2 Å². The lowest BCUT2D eigenvalue weighted by Crippen LogP contribution is -2.49. The van der Waals surface area contributed by atoms with Crippen LogP contribution in [0.3, 0.4) is 0 Å². The fraction of sp³-hybridized carbons (Fsp3) is 0.500. The van der Waals surface area contributed by atoms with Gasteiger partial charge in [-0.15, -0.1) is 0 Å². The normalized spacial score (nSPS) is 25.9. The highest BCUT2D eigenvalue weighted by molar-refractivity contribution is 5.97. The molecule has 2 fully saturated rings. The summed E-state index contributed by atoms with van der Waals surface area (Å²) in [5.41, 5.74) is -4.07. The molecule has 0 spiro atoms. The maximum absolute atomic E-state index is 14.3. The number of halogens is 6. The van der Waals surface area contributed by atoms with Gasteiger partial charge in [-0.1, -0.05) is 13.0 Å². The molecule has 0 saturated carbocycles. The molecule has 1 aromatic heterocycles. The van der Waals surface area contributed by atoms with E-state index in [2.05, 4.69) is 10.3 Å². The quantitative estimate of drug-likeness (QED) is 0.511. The molecular formula is C26H28F6N4O4. The summed E-state index contributed by atoms with van der Waals surface area (Å²) in [7, 11) is 2.77. The summed E-state index contributed by atoms with van der Waals surface area (Å²) in [6.45, 7) is 3.02. The zero-order chi connectivity index (χ0) is 29.6. The van der Waals surface area contributed by atoms with Gasteiger partial charge in [-0.25, -0.2) is 18.2 Å². The number of pyridine rings is 1. The average molecular weight is 575 g/mol. The second-order valence-corrected chi connectivity index (χ2v) is 10.0. The standard InChI is InChI=1S/C26H28F6N4O4/c1-13-19(15-5-6-16(27)20(23(28)29)21(15)39-4)22(40-25(13,2)26(30,31)32)24(38)34-14-7-8-33-17(11-14)36-10-9-35(3)12-18(36)37/h5-8,11,13,19,22-23H,9-10,12H2,1-4H3,(H,33,34,38)/t13-,19-,22+,25+/m1/s1. The maximum Gasteiger partial charge on any atom is 0.417 e. The molecule has 0 unspecified atom stereocenters. The lowest BCUT2D eigenvalue weighted by Gasteiger charge is -2.32. The van der Waals surface area contributed by atoms with E-state index in [1.165, 1.54) is 30.2 Å². The van der Waals surface area contributed by atoms with Crippen LogP contribution in [0.5, 0.6) is 5.75 Å². The number of benzene rings is 1. The van der Waals surface area contributed by atoms with E-state index < -0.39 is 59.2 Å². The minimum Gasteiger partial charge on any atom is -0.496 e. The van der Waals surface area contributed by atoms with Gasteiger partial charge in [0.1, 0.15) is 23.5 Å². The maximum atomic E-state index is 14.3. The zero-order valence-corrected chi connectivity index (χ0v) is 22.1. The van der Waals surface area contributed by atoms with Gasteiger partial charge in [0.05, 0.1) is 19.2 Å². The van der Waals surface area contributed by atoms with Gasteiger partial charge >= 0.3 is 6.18 Å². The SMILES string of the molecule is COc1c([C@@H]2[C@@H](C(=O)Nc3ccnc(N4CCN(C)CC4=O)c3)O[C@](C)(C(F)(F)F)[C@@H]2C)ccc(F)c1C(F)F. The zero-order valence-electron chi connectivity index (χ0n) is 22.1. The molecule has 4 rings (SSSR count). The van der Waals surface area contributed by atoms with E-state index in [0.29, 0.717) is 19.2 Å². The Balaban J connectivity index is 1.72. The molecule has 0 aliphatic carbocycles. The van der Waals surface area contributed by atoms with Gasteiger partial charge in [0, 0.05) is 48.4 Å². The summed E-state index contributed by atoms with van der Waals surface area (Å²) in [5.74, 6) is -5.86. The first-order chi connectivity index (χ1) is 18.7. The number of hydrogen-bond acceptors (Lipinski definition) is 6. The van der Waals surface area contributed by atoms with Crippen LogP contribution in [0, 0.1) is 11.7 Å². The Bertz CT molecular complexity index is 1290. The number of alkyl halides is 5. The van der Waals surface area contributed by atoms with Gasteiger partial charge in [-0.05, 0) is 26.1 Å². The number of carbonyl (C=O) groups excluding carboxylic acids is 2. The third-order valence-electron chi connectivity index (χ3n) is 7.58. The summed E-state index contributed by atoms with van der Waals surface area (Å²) in [4.78, 5) is 33.3. The summed E-state index contributed by atoms with van der Waals surface area (Å²) in [6.07, 6.45) is -8.77. The number of rotatable bonds is 6. The number of carbonyl (C=O) groups is 2. The molecule has 2 saturated heterocycles. The highest BCUT2D eigenvalue weighted by Crippen LogP contribution is 2.55. The molecule has 40 heavy (non-hydrogen) atoms. The molecule has 3 heterocycles. The van der Waals surface area contributed by atoms with E-state index in [4.69, 9.17) is 9.47 Å². The molecule has 2 aliphatic heterocycles. The van der Waals surface area contributed by atoms with Crippen LogP contribution in [0.4, 0.5) is 37.8 Å². The van der Waals surface area contributed by atoms with Crippen LogP contribution >= 0.6 is 0 Å². The van der Waals surface area contributed by atoms with Crippen molar-refractivity contribution in [3.05, 3.63) is 47.4 Å². The average Bonchev–Trinajstić information content (AvgIpc) is 3.15. The molecular weight excluding hydrogens is 546 g/mol. The monoisotopic (exact) mass is 574 g/mol. The van der Waals surface area contributed by atoms with Crippen LogP contribution in [-0.4, -0.2) is 73.4 Å². The lowest BCUT2D eigenvalue weighted by atomic mass is 9.76. The number of aromatic nitrogens is 1. The summed E-state index contributed by atoms with van der Waals surface area (Å²) in [5, 5.41) is 2.50. The minimum atomic E-state index is -4.94. The van der Waals surface area contributed by atoms with Crippen LogP contribution in [0.1, 0.15) is 37.3 Å². The Morgan fingerprint density at radius 3 is 2.55 bits per heavy atom. The molecule has 2 amide bonds. The fourth-order valence-corrected chi connectivity index (χ4v) is 5.20. The van der Waals surface area contributed by atoms with Crippen molar-refractivity contribution in [2.75, 3.05) is 44.0 Å². The van der Waals surface area contributed by atoms with Crippen molar-refractivity contribution in [2.45, 2.75) is 44.1 Å². The largest absolute Gasteiger partial charge is 0.496 e. The van der Waals surface area contributed by atoms with E-state index in [1.807, 2.05) is 4.90 Å². The first-order valence-electron chi connectivity index (χ1n) is 12.3. The van der Waals surface area contributed by atoms with Crippen molar-refractivity contribution in [3.8, 4) is 5.75 Å². The minimum absolute atomic E-state index is 0.122. The topological polar surface area (TPSA) is 84.0 Å². The fourth-order valence-electron chi connectivity index (χ4n) is 5.20. The molecule has 2 aromatic rings. The van der Waals surface area contributed by atoms with Crippen molar-refractivity contribution in [1.82, 2.24) is 9.88 Å². The number of likely N-dealkylation sites (N-methyl/N-ethyl adjacent to an activating group) is 1. The highest BCUT2D eigenvalue weighted by Gasteiger charge is 2.66. The number of nitrogens with zero attached hydrogens (tertiary/aromatic N) is 3. The number of nitrogens with one attached hydrogen (secondary N) is 1. The lowest BCUT2D eigenvalue weighted by molar-refractivity contribution is -0.272. The molecule has 8 nitrogen and oxygen atoms in total. The van der Waals surface area contributed by atoms with Gasteiger partial charge in [0.25, 0.3) is 12.3 Å². The summed E-state index contributed by atoms with van der Waals surface area (Å²) < 4.78 is 94.8. The van der Waals surface area contributed by atoms with Crippen LogP contribution in [0.25, 0.3) is 0 Å². The van der Waals surface area contributed by atoms with Gasteiger partial charge in [-0.3, -0.25) is 19.4 Å². The number of ether oxygens (including phenoxy) is 2. The van der Waals surface area contributed by atoms with Crippen LogP contribution in [0.15, 0.2) is 30.5 Å². The Kier molecular flexibility index (Phi) is 8.05. The van der Waals surface area contributed by atoms with E-state index in [9.17, 15) is 35.9 Å². The van der Waals surface area contributed by atoms with Crippen molar-refractivity contribution in [3.63, 3.8) is 0 Å². The molecule has 1 aromatic carbocycles. The predicted octanol–water partition coefficient (Wildman–Crippen LogP) is 4.52. The second-order valence-electron chi connectivity index (χ2n) is 10.0. The first-order valence-corrected chi connectivity index (χ1v) is 12.3. The van der Waals surface area contributed by atoms with Crippen molar-refractivity contribution >= 4 is 23.3 Å². The smallest absolute Gasteiger partial charge is 0.417 e. The van der Waals surface area contributed by atoms with Crippen molar-refractivity contribution in [1.29, 1.82) is 0 Å². The molecule has 2 aliphatic rings. The molecule has 14 heteroatoms. The van der Waals surface area contributed by atoms with Crippen LogP contribution in [-0.2, 0) is 14.3 Å². The van der Waals surface area contributed by atoms with Crippen molar-refractivity contribution < 1.29 is 45.4 Å². The van der Waals surface area contributed by atoms with Crippen molar-refractivity contribution in [2.24, 2.45) is 5.92 Å². The van der Waals surface area contributed by atoms with E-state index in [0.717, 1.165) is 20.1 Å². The molecule has 218 valence electrons. The number of piperazine rings is 1. The Hall–Kier alpha value is -3.39. The van der Waals surface area contributed by atoms with Crippen LogP contribution in [0.2, 0.25) is 0 Å². The Morgan fingerprint density at radius 1 is 1.25 bits per heavy atom.